The first-order chi connectivity index (χ1) is 15.5. The van der Waals surface area contributed by atoms with Gasteiger partial charge >= 0.3 is 0 Å². The van der Waals surface area contributed by atoms with Gasteiger partial charge in [0, 0.05) is 25.1 Å². The van der Waals surface area contributed by atoms with Gasteiger partial charge in [0.15, 0.2) is 0 Å². The number of imidazole rings is 1. The Balaban J connectivity index is 1.56. The fourth-order valence-corrected chi connectivity index (χ4v) is 4.26. The van der Waals surface area contributed by atoms with Crippen LogP contribution in [0.3, 0.4) is 0 Å². The largest absolute Gasteiger partial charge is 0.497 e. The van der Waals surface area contributed by atoms with Gasteiger partial charge in [0.05, 0.1) is 18.1 Å². The van der Waals surface area contributed by atoms with E-state index >= 15 is 0 Å². The minimum atomic E-state index is -0.114. The highest BCUT2D eigenvalue weighted by molar-refractivity contribution is 5.94. The van der Waals surface area contributed by atoms with E-state index in [1.165, 1.54) is 22.3 Å². The second kappa shape index (κ2) is 9.27. The average Bonchev–Trinajstić information content (AvgIpc) is 3.13. The topological polar surface area (TPSA) is 56.1 Å². The number of aryl methyl sites for hydroxylation is 3. The standard InChI is InChI=1S/C27H29N3O2/c1-18-14-19(2)23(20(3)15-18)17-30-25-11-6-5-10-24(25)29-26(30)12-13-28-27(31)21-8-7-9-22(16-21)32-4/h5-11,14-16H,12-13,17H2,1-4H3,(H,28,31). The minimum Gasteiger partial charge on any atom is -0.497 e. The number of benzene rings is 3. The number of amides is 1. The highest BCUT2D eigenvalue weighted by atomic mass is 16.5. The zero-order valence-electron chi connectivity index (χ0n) is 19.1. The van der Waals surface area contributed by atoms with E-state index in [0.717, 1.165) is 23.4 Å². The van der Waals surface area contributed by atoms with Gasteiger partial charge in [-0.3, -0.25) is 4.79 Å². The molecule has 1 aromatic heterocycles. The zero-order valence-corrected chi connectivity index (χ0v) is 19.1. The SMILES string of the molecule is COc1cccc(C(=O)NCCc2nc3ccccc3n2Cc2c(C)cc(C)cc2C)c1. The van der Waals surface area contributed by atoms with Crippen LogP contribution < -0.4 is 10.1 Å². The highest BCUT2D eigenvalue weighted by Gasteiger charge is 2.14. The monoisotopic (exact) mass is 427 g/mol. The molecule has 0 saturated heterocycles. The van der Waals surface area contributed by atoms with Crippen molar-refractivity contribution in [3.8, 4) is 5.75 Å². The summed E-state index contributed by atoms with van der Waals surface area (Å²) in [6.07, 6.45) is 0.647. The van der Waals surface area contributed by atoms with Gasteiger partial charge in [-0.1, -0.05) is 35.9 Å². The minimum absolute atomic E-state index is 0.114. The van der Waals surface area contributed by atoms with Crippen molar-refractivity contribution in [2.24, 2.45) is 0 Å². The number of rotatable bonds is 7. The quantitative estimate of drug-likeness (QED) is 0.452. The van der Waals surface area contributed by atoms with Crippen molar-refractivity contribution in [3.63, 3.8) is 0 Å². The van der Waals surface area contributed by atoms with Gasteiger partial charge in [0.2, 0.25) is 0 Å². The predicted octanol–water partition coefficient (Wildman–Crippen LogP) is 4.99. The van der Waals surface area contributed by atoms with Gasteiger partial charge in [0.1, 0.15) is 11.6 Å². The summed E-state index contributed by atoms with van der Waals surface area (Å²) < 4.78 is 7.49. The number of hydrogen-bond donors (Lipinski definition) is 1. The Hall–Kier alpha value is -3.60. The third-order valence-corrected chi connectivity index (χ3v) is 5.86. The molecule has 0 aliphatic rings. The molecule has 0 atom stereocenters. The van der Waals surface area contributed by atoms with E-state index in [4.69, 9.17) is 9.72 Å². The molecule has 0 aliphatic carbocycles. The Kier molecular flexibility index (Phi) is 6.26. The molecule has 5 nitrogen and oxygen atoms in total. The number of ether oxygens (including phenoxy) is 1. The number of methoxy groups -OCH3 is 1. The maximum absolute atomic E-state index is 12.6. The fourth-order valence-electron chi connectivity index (χ4n) is 4.26. The summed E-state index contributed by atoms with van der Waals surface area (Å²) in [5, 5.41) is 3.02. The predicted molar refractivity (Wildman–Crippen MR) is 129 cm³/mol. The number of nitrogens with one attached hydrogen (secondary N) is 1. The lowest BCUT2D eigenvalue weighted by atomic mass is 9.99. The lowest BCUT2D eigenvalue weighted by Crippen LogP contribution is -2.26. The molecule has 0 unspecified atom stereocenters. The van der Waals surface area contributed by atoms with Crippen molar-refractivity contribution in [3.05, 3.63) is 94.3 Å². The van der Waals surface area contributed by atoms with Gasteiger partial charge in [-0.05, 0) is 67.8 Å². The molecule has 0 bridgehead atoms. The molecule has 3 aromatic carbocycles. The first kappa shape index (κ1) is 21.6. The van der Waals surface area contributed by atoms with Crippen LogP contribution in [0, 0.1) is 20.8 Å². The number of carbonyl (C=O) groups excluding carboxylic acids is 1. The van der Waals surface area contributed by atoms with E-state index in [0.29, 0.717) is 24.3 Å². The molecular weight excluding hydrogens is 398 g/mol. The Bertz CT molecular complexity index is 1250. The lowest BCUT2D eigenvalue weighted by molar-refractivity contribution is 0.0953. The van der Waals surface area contributed by atoms with Gasteiger partial charge in [-0.25, -0.2) is 4.98 Å². The Morgan fingerprint density at radius 2 is 1.75 bits per heavy atom. The lowest BCUT2D eigenvalue weighted by Gasteiger charge is -2.15. The highest BCUT2D eigenvalue weighted by Crippen LogP contribution is 2.23. The van der Waals surface area contributed by atoms with Crippen molar-refractivity contribution >= 4 is 16.9 Å². The van der Waals surface area contributed by atoms with Crippen LogP contribution in [0.25, 0.3) is 11.0 Å². The van der Waals surface area contributed by atoms with E-state index < -0.39 is 0 Å². The summed E-state index contributed by atoms with van der Waals surface area (Å²) in [5.74, 6) is 1.52. The maximum atomic E-state index is 12.6. The van der Waals surface area contributed by atoms with Crippen molar-refractivity contribution in [2.45, 2.75) is 33.7 Å². The van der Waals surface area contributed by atoms with E-state index in [9.17, 15) is 4.79 Å². The second-order valence-electron chi connectivity index (χ2n) is 8.22. The third-order valence-electron chi connectivity index (χ3n) is 5.86. The molecule has 32 heavy (non-hydrogen) atoms. The Morgan fingerprint density at radius 1 is 1.00 bits per heavy atom. The first-order valence-corrected chi connectivity index (χ1v) is 10.9. The number of hydrogen-bond acceptors (Lipinski definition) is 3. The number of nitrogens with zero attached hydrogens (tertiary/aromatic N) is 2. The Morgan fingerprint density at radius 3 is 2.50 bits per heavy atom. The molecule has 0 aliphatic heterocycles. The Labute approximate surface area is 189 Å². The summed E-state index contributed by atoms with van der Waals surface area (Å²) in [4.78, 5) is 17.5. The molecule has 5 heteroatoms. The van der Waals surface area contributed by atoms with Gasteiger partial charge in [0.25, 0.3) is 5.91 Å². The van der Waals surface area contributed by atoms with Gasteiger partial charge in [-0.2, -0.15) is 0 Å². The normalized spacial score (nSPS) is 11.0. The zero-order chi connectivity index (χ0) is 22.7. The summed E-state index contributed by atoms with van der Waals surface area (Å²) >= 11 is 0. The molecule has 1 N–H and O–H groups in total. The summed E-state index contributed by atoms with van der Waals surface area (Å²) in [5.41, 5.74) is 7.85. The van der Waals surface area contributed by atoms with Crippen LogP contribution >= 0.6 is 0 Å². The van der Waals surface area contributed by atoms with Crippen LogP contribution in [0.5, 0.6) is 5.75 Å². The van der Waals surface area contributed by atoms with Crippen LogP contribution in [-0.4, -0.2) is 29.1 Å². The van der Waals surface area contributed by atoms with E-state index in [1.54, 1.807) is 19.2 Å². The number of para-hydroxylation sites is 2. The number of aromatic nitrogens is 2. The molecular formula is C27H29N3O2. The molecule has 0 spiro atoms. The number of carbonyl (C=O) groups is 1. The van der Waals surface area contributed by atoms with Crippen LogP contribution in [0.2, 0.25) is 0 Å². The fraction of sp³-hybridized carbons (Fsp3) is 0.259. The van der Waals surface area contributed by atoms with Crippen molar-refractivity contribution in [1.82, 2.24) is 14.9 Å². The van der Waals surface area contributed by atoms with Crippen LogP contribution in [0.1, 0.15) is 38.4 Å². The van der Waals surface area contributed by atoms with Crippen LogP contribution in [0.4, 0.5) is 0 Å². The van der Waals surface area contributed by atoms with Crippen LogP contribution in [0.15, 0.2) is 60.7 Å². The molecule has 164 valence electrons. The van der Waals surface area contributed by atoms with E-state index in [2.05, 4.69) is 48.9 Å². The molecule has 0 radical (unpaired) electrons. The molecule has 0 fully saturated rings. The molecule has 1 heterocycles. The molecule has 1 amide bonds. The first-order valence-electron chi connectivity index (χ1n) is 10.9. The molecule has 4 rings (SSSR count). The van der Waals surface area contributed by atoms with E-state index in [-0.39, 0.29) is 5.91 Å². The van der Waals surface area contributed by atoms with Crippen molar-refractivity contribution in [1.29, 1.82) is 0 Å². The maximum Gasteiger partial charge on any atom is 0.251 e. The smallest absolute Gasteiger partial charge is 0.251 e. The van der Waals surface area contributed by atoms with Crippen molar-refractivity contribution < 1.29 is 9.53 Å². The third kappa shape index (κ3) is 4.52. The summed E-state index contributed by atoms with van der Waals surface area (Å²) in [6.45, 7) is 7.74. The van der Waals surface area contributed by atoms with Crippen molar-refractivity contribution in [2.75, 3.05) is 13.7 Å². The average molecular weight is 428 g/mol. The summed E-state index contributed by atoms with van der Waals surface area (Å²) in [7, 11) is 1.60. The molecule has 4 aromatic rings. The number of fused-ring (bicyclic) bond motifs is 1. The van der Waals surface area contributed by atoms with Crippen LogP contribution in [-0.2, 0) is 13.0 Å². The summed E-state index contributed by atoms with van der Waals surface area (Å²) in [6, 6.07) is 19.8. The van der Waals surface area contributed by atoms with Gasteiger partial charge in [-0.15, -0.1) is 0 Å². The second-order valence-corrected chi connectivity index (χ2v) is 8.22. The molecule has 0 saturated carbocycles. The van der Waals surface area contributed by atoms with Gasteiger partial charge < -0.3 is 14.6 Å². The van der Waals surface area contributed by atoms with E-state index in [1.807, 2.05) is 30.3 Å².